The highest BCUT2D eigenvalue weighted by Crippen LogP contribution is 2.21. The molecule has 0 unspecified atom stereocenters. The Balaban J connectivity index is 1.83. The number of hydrogen-bond acceptors (Lipinski definition) is 3. The summed E-state index contributed by atoms with van der Waals surface area (Å²) in [4.78, 5) is 17.4. The quantitative estimate of drug-likeness (QED) is 0.494. The van der Waals surface area contributed by atoms with Crippen LogP contribution in [0.4, 0.5) is 4.39 Å². The molecule has 0 radical (unpaired) electrons. The van der Waals surface area contributed by atoms with Crippen LogP contribution in [0.5, 0.6) is 0 Å². The van der Waals surface area contributed by atoms with E-state index in [1.54, 1.807) is 29.4 Å². The fourth-order valence-corrected chi connectivity index (χ4v) is 3.71. The summed E-state index contributed by atoms with van der Waals surface area (Å²) in [6, 6.07) is 14.7. The topological polar surface area (TPSA) is 34.9 Å². The molecule has 3 nitrogen and oxygen atoms in total. The Labute approximate surface area is 156 Å². The van der Waals surface area contributed by atoms with E-state index in [2.05, 4.69) is 36.2 Å². The Morgan fingerprint density at radius 2 is 1.81 bits per heavy atom. The number of rotatable bonds is 5. The number of aryl methyl sites for hydroxylation is 2. The highest BCUT2D eigenvalue weighted by molar-refractivity contribution is 7.98. The van der Waals surface area contributed by atoms with Crippen molar-refractivity contribution in [2.75, 3.05) is 0 Å². The van der Waals surface area contributed by atoms with Gasteiger partial charge in [-0.05, 0) is 37.1 Å². The van der Waals surface area contributed by atoms with E-state index in [1.165, 1.54) is 23.3 Å². The maximum atomic E-state index is 13.4. The fourth-order valence-electron chi connectivity index (χ4n) is 2.75. The van der Waals surface area contributed by atoms with Crippen LogP contribution < -0.4 is 5.56 Å². The monoisotopic (exact) mass is 368 g/mol. The molecule has 3 aromatic rings. The molecule has 26 heavy (non-hydrogen) atoms. The van der Waals surface area contributed by atoms with Crippen LogP contribution in [0.3, 0.4) is 0 Å². The van der Waals surface area contributed by atoms with Gasteiger partial charge >= 0.3 is 0 Å². The van der Waals surface area contributed by atoms with Crippen LogP contribution in [-0.4, -0.2) is 9.55 Å². The van der Waals surface area contributed by atoms with Gasteiger partial charge < -0.3 is 0 Å². The molecular formula is C21H21FN2OS. The van der Waals surface area contributed by atoms with E-state index in [4.69, 9.17) is 0 Å². The van der Waals surface area contributed by atoms with Crippen molar-refractivity contribution in [2.24, 2.45) is 7.05 Å². The Bertz CT molecular complexity index is 980. The summed E-state index contributed by atoms with van der Waals surface area (Å²) in [5, 5.41) is 0.691. The summed E-state index contributed by atoms with van der Waals surface area (Å²) < 4.78 is 15.0. The highest BCUT2D eigenvalue weighted by atomic mass is 32.2. The van der Waals surface area contributed by atoms with E-state index in [0.29, 0.717) is 22.8 Å². The summed E-state index contributed by atoms with van der Waals surface area (Å²) in [7, 11) is 1.74. The summed E-state index contributed by atoms with van der Waals surface area (Å²) in [6.07, 6.45) is 0.381. The van der Waals surface area contributed by atoms with Crippen molar-refractivity contribution in [1.29, 1.82) is 0 Å². The van der Waals surface area contributed by atoms with Gasteiger partial charge in [-0.3, -0.25) is 9.36 Å². The molecule has 0 bridgehead atoms. The first-order chi connectivity index (χ1) is 12.4. The van der Waals surface area contributed by atoms with Gasteiger partial charge in [-0.15, -0.1) is 0 Å². The lowest BCUT2D eigenvalue weighted by Gasteiger charge is -2.12. The Hall–Kier alpha value is -2.40. The lowest BCUT2D eigenvalue weighted by molar-refractivity contribution is 0.625. The minimum absolute atomic E-state index is 0.0758. The summed E-state index contributed by atoms with van der Waals surface area (Å²) >= 11 is 1.54. The number of benzene rings is 2. The number of thioether (sulfide) groups is 1. The van der Waals surface area contributed by atoms with Crippen LogP contribution in [0.25, 0.3) is 0 Å². The molecule has 134 valence electrons. The summed E-state index contributed by atoms with van der Waals surface area (Å²) in [5.74, 6) is 0.457. The molecule has 2 aromatic carbocycles. The SMILES string of the molecule is Cc1ccc(CSc2nc(C)c(Cc3cccc(F)c3)c(=O)n2C)cc1. The van der Waals surface area contributed by atoms with Gasteiger partial charge in [0.2, 0.25) is 0 Å². The van der Waals surface area contributed by atoms with Gasteiger partial charge in [0.1, 0.15) is 5.82 Å². The zero-order chi connectivity index (χ0) is 18.7. The minimum atomic E-state index is -0.296. The summed E-state index contributed by atoms with van der Waals surface area (Å²) in [6.45, 7) is 3.90. The van der Waals surface area contributed by atoms with E-state index in [-0.39, 0.29) is 11.4 Å². The van der Waals surface area contributed by atoms with E-state index < -0.39 is 0 Å². The van der Waals surface area contributed by atoms with Crippen molar-refractivity contribution in [1.82, 2.24) is 9.55 Å². The predicted octanol–water partition coefficient (Wildman–Crippen LogP) is 4.42. The van der Waals surface area contributed by atoms with Crippen LogP contribution in [0.15, 0.2) is 58.5 Å². The van der Waals surface area contributed by atoms with Gasteiger partial charge in [0.15, 0.2) is 5.16 Å². The number of hydrogen-bond donors (Lipinski definition) is 0. The van der Waals surface area contributed by atoms with Gasteiger partial charge in [-0.2, -0.15) is 0 Å². The average molecular weight is 368 g/mol. The fraction of sp³-hybridized carbons (Fsp3) is 0.238. The highest BCUT2D eigenvalue weighted by Gasteiger charge is 2.13. The van der Waals surface area contributed by atoms with Crippen LogP contribution >= 0.6 is 11.8 Å². The third-order valence-electron chi connectivity index (χ3n) is 4.31. The predicted molar refractivity (Wildman–Crippen MR) is 104 cm³/mol. The molecule has 1 aromatic heterocycles. The Morgan fingerprint density at radius 1 is 1.08 bits per heavy atom. The van der Waals surface area contributed by atoms with E-state index >= 15 is 0 Å². The van der Waals surface area contributed by atoms with Crippen LogP contribution in [0.2, 0.25) is 0 Å². The third-order valence-corrected chi connectivity index (χ3v) is 5.41. The first kappa shape index (κ1) is 18.4. The maximum Gasteiger partial charge on any atom is 0.257 e. The maximum absolute atomic E-state index is 13.4. The third kappa shape index (κ3) is 4.22. The van der Waals surface area contributed by atoms with Gasteiger partial charge in [-0.25, -0.2) is 9.37 Å². The standard InChI is InChI=1S/C21H21FN2OS/c1-14-7-9-16(10-8-14)13-26-21-23-15(2)19(20(25)24(21)3)12-17-5-4-6-18(22)11-17/h4-11H,12-13H2,1-3H3. The van der Waals surface area contributed by atoms with E-state index in [0.717, 1.165) is 11.3 Å². The van der Waals surface area contributed by atoms with Crippen molar-refractivity contribution >= 4 is 11.8 Å². The molecule has 0 spiro atoms. The van der Waals surface area contributed by atoms with E-state index in [1.807, 2.05) is 13.0 Å². The van der Waals surface area contributed by atoms with Crippen molar-refractivity contribution < 1.29 is 4.39 Å². The largest absolute Gasteiger partial charge is 0.291 e. The van der Waals surface area contributed by atoms with Crippen molar-refractivity contribution in [3.05, 3.63) is 92.6 Å². The van der Waals surface area contributed by atoms with Gasteiger partial charge in [0, 0.05) is 30.5 Å². The normalized spacial score (nSPS) is 10.9. The molecule has 0 aliphatic carbocycles. The zero-order valence-corrected chi connectivity index (χ0v) is 15.9. The molecule has 0 fully saturated rings. The number of nitrogens with zero attached hydrogens (tertiary/aromatic N) is 2. The molecule has 3 rings (SSSR count). The molecule has 0 saturated carbocycles. The van der Waals surface area contributed by atoms with Crippen molar-refractivity contribution in [3.8, 4) is 0 Å². The van der Waals surface area contributed by atoms with Crippen molar-refractivity contribution in [2.45, 2.75) is 31.2 Å². The molecule has 0 saturated heterocycles. The van der Waals surface area contributed by atoms with Gasteiger partial charge in [-0.1, -0.05) is 53.7 Å². The molecule has 0 aliphatic heterocycles. The number of aromatic nitrogens is 2. The average Bonchev–Trinajstić information content (AvgIpc) is 2.62. The van der Waals surface area contributed by atoms with Crippen LogP contribution in [0.1, 0.15) is 27.9 Å². The van der Waals surface area contributed by atoms with Gasteiger partial charge in [0.05, 0.1) is 0 Å². The van der Waals surface area contributed by atoms with Crippen LogP contribution in [-0.2, 0) is 19.2 Å². The zero-order valence-electron chi connectivity index (χ0n) is 15.1. The second-order valence-corrected chi connectivity index (χ2v) is 7.35. The molecule has 0 aliphatic rings. The molecular weight excluding hydrogens is 347 g/mol. The Morgan fingerprint density at radius 3 is 2.50 bits per heavy atom. The molecule has 1 heterocycles. The smallest absolute Gasteiger partial charge is 0.257 e. The second-order valence-electron chi connectivity index (χ2n) is 6.40. The minimum Gasteiger partial charge on any atom is -0.291 e. The second kappa shape index (κ2) is 7.87. The van der Waals surface area contributed by atoms with Gasteiger partial charge in [0.25, 0.3) is 5.56 Å². The first-order valence-electron chi connectivity index (χ1n) is 8.43. The molecule has 0 N–H and O–H groups in total. The lowest BCUT2D eigenvalue weighted by Crippen LogP contribution is -2.25. The molecule has 5 heteroatoms. The first-order valence-corrected chi connectivity index (χ1v) is 9.42. The molecule has 0 atom stereocenters. The van der Waals surface area contributed by atoms with E-state index in [9.17, 15) is 9.18 Å². The number of halogens is 1. The van der Waals surface area contributed by atoms with Crippen molar-refractivity contribution in [3.63, 3.8) is 0 Å². The lowest BCUT2D eigenvalue weighted by atomic mass is 10.1. The van der Waals surface area contributed by atoms with Crippen LogP contribution in [0, 0.1) is 19.7 Å². The summed E-state index contributed by atoms with van der Waals surface area (Å²) in [5.41, 5.74) is 4.42. The Kier molecular flexibility index (Phi) is 5.57. The molecule has 0 amide bonds.